The molecule has 0 radical (unpaired) electrons. The fourth-order valence-electron chi connectivity index (χ4n) is 3.51. The van der Waals surface area contributed by atoms with Crippen molar-refractivity contribution in [1.82, 2.24) is 15.3 Å². The molecule has 1 saturated heterocycles. The van der Waals surface area contributed by atoms with Crippen LogP contribution in [-0.2, 0) is 9.53 Å². The fourth-order valence-corrected chi connectivity index (χ4v) is 3.51. The molecule has 1 aliphatic heterocycles. The standard InChI is InChI=1S/C18H29N5O2/c1-12(2)25-11-16(24)21-15-10-23(9-14(15)13-5-6-13)18-17(22(3)4)19-7-8-20-18/h7-8,12-15H,5-6,9-11H2,1-4H3,(H,21,24). The molecule has 0 spiro atoms. The molecule has 2 aliphatic rings. The van der Waals surface area contributed by atoms with Crippen LogP contribution in [0.5, 0.6) is 0 Å². The molecule has 2 atom stereocenters. The van der Waals surface area contributed by atoms with Crippen molar-refractivity contribution in [2.45, 2.75) is 38.8 Å². The normalized spacial score (nSPS) is 23.2. The van der Waals surface area contributed by atoms with Crippen LogP contribution in [0.2, 0.25) is 0 Å². The van der Waals surface area contributed by atoms with Crippen LogP contribution in [-0.4, -0.2) is 61.8 Å². The summed E-state index contributed by atoms with van der Waals surface area (Å²) >= 11 is 0. The molecule has 2 unspecified atom stereocenters. The first kappa shape index (κ1) is 17.9. The van der Waals surface area contributed by atoms with Crippen LogP contribution >= 0.6 is 0 Å². The zero-order chi connectivity index (χ0) is 18.0. The van der Waals surface area contributed by atoms with E-state index in [0.717, 1.165) is 24.7 Å². The maximum Gasteiger partial charge on any atom is 0.246 e. The molecule has 1 amide bonds. The number of nitrogens with one attached hydrogen (secondary N) is 1. The number of hydrogen-bond donors (Lipinski definition) is 1. The molecule has 1 N–H and O–H groups in total. The number of amides is 1. The van der Waals surface area contributed by atoms with Crippen LogP contribution in [0.3, 0.4) is 0 Å². The average Bonchev–Trinajstić information content (AvgIpc) is 3.34. The Morgan fingerprint density at radius 2 is 2.04 bits per heavy atom. The van der Waals surface area contributed by atoms with Crippen LogP contribution < -0.4 is 15.1 Å². The Hall–Kier alpha value is -1.89. The minimum Gasteiger partial charge on any atom is -0.369 e. The maximum absolute atomic E-state index is 12.2. The Morgan fingerprint density at radius 3 is 2.68 bits per heavy atom. The highest BCUT2D eigenvalue weighted by Crippen LogP contribution is 2.42. The zero-order valence-electron chi connectivity index (χ0n) is 15.6. The van der Waals surface area contributed by atoms with Crippen molar-refractivity contribution >= 4 is 17.5 Å². The Kier molecular flexibility index (Phi) is 5.42. The molecule has 1 aromatic heterocycles. The summed E-state index contributed by atoms with van der Waals surface area (Å²) in [6.07, 6.45) is 6.03. The molecule has 0 bridgehead atoms. The molecule has 7 nitrogen and oxygen atoms in total. The van der Waals surface area contributed by atoms with Crippen LogP contribution in [0.25, 0.3) is 0 Å². The van der Waals surface area contributed by atoms with Gasteiger partial charge in [-0.05, 0) is 32.6 Å². The second-order valence-corrected chi connectivity index (χ2v) is 7.54. The van der Waals surface area contributed by atoms with Crippen LogP contribution in [0, 0.1) is 11.8 Å². The summed E-state index contributed by atoms with van der Waals surface area (Å²) in [7, 11) is 3.95. The first-order valence-corrected chi connectivity index (χ1v) is 9.10. The zero-order valence-corrected chi connectivity index (χ0v) is 15.6. The molecule has 7 heteroatoms. The number of aromatic nitrogens is 2. The largest absolute Gasteiger partial charge is 0.369 e. The molecule has 2 fully saturated rings. The van der Waals surface area contributed by atoms with Crippen molar-refractivity contribution in [3.63, 3.8) is 0 Å². The summed E-state index contributed by atoms with van der Waals surface area (Å²) in [6, 6.07) is 0.146. The van der Waals surface area contributed by atoms with Gasteiger partial charge in [-0.3, -0.25) is 4.79 Å². The van der Waals surface area contributed by atoms with Crippen LogP contribution in [0.4, 0.5) is 11.6 Å². The summed E-state index contributed by atoms with van der Waals surface area (Å²) in [5.74, 6) is 2.92. The first-order chi connectivity index (χ1) is 12.0. The smallest absolute Gasteiger partial charge is 0.246 e. The van der Waals surface area contributed by atoms with E-state index in [2.05, 4.69) is 20.2 Å². The molecule has 3 rings (SSSR count). The van der Waals surface area contributed by atoms with E-state index in [-0.39, 0.29) is 24.7 Å². The first-order valence-electron chi connectivity index (χ1n) is 9.10. The Labute approximate surface area is 149 Å². The summed E-state index contributed by atoms with van der Waals surface area (Å²) < 4.78 is 5.43. The predicted molar refractivity (Wildman–Crippen MR) is 97.8 cm³/mol. The van der Waals surface area contributed by atoms with Gasteiger partial charge in [0, 0.05) is 45.5 Å². The quantitative estimate of drug-likeness (QED) is 0.802. The molecule has 25 heavy (non-hydrogen) atoms. The molecular weight excluding hydrogens is 318 g/mol. The van der Waals surface area contributed by atoms with Crippen molar-refractivity contribution in [2.75, 3.05) is 43.6 Å². The fraction of sp³-hybridized carbons (Fsp3) is 0.722. The van der Waals surface area contributed by atoms with Gasteiger partial charge in [0.2, 0.25) is 5.91 Å². The van der Waals surface area contributed by atoms with Gasteiger partial charge in [-0.1, -0.05) is 0 Å². The monoisotopic (exact) mass is 347 g/mol. The molecule has 0 aromatic carbocycles. The lowest BCUT2D eigenvalue weighted by atomic mass is 9.98. The van der Waals surface area contributed by atoms with Gasteiger partial charge in [-0.2, -0.15) is 0 Å². The summed E-state index contributed by atoms with van der Waals surface area (Å²) in [4.78, 5) is 25.5. The van der Waals surface area contributed by atoms with Crippen molar-refractivity contribution in [3.05, 3.63) is 12.4 Å². The highest BCUT2D eigenvalue weighted by molar-refractivity contribution is 5.78. The van der Waals surface area contributed by atoms with Crippen molar-refractivity contribution in [3.8, 4) is 0 Å². The van der Waals surface area contributed by atoms with Crippen molar-refractivity contribution in [2.24, 2.45) is 11.8 Å². The number of carbonyl (C=O) groups is 1. The highest BCUT2D eigenvalue weighted by atomic mass is 16.5. The molecule has 2 heterocycles. The lowest BCUT2D eigenvalue weighted by molar-refractivity contribution is -0.128. The minimum atomic E-state index is -0.0295. The molecule has 138 valence electrons. The van der Waals surface area contributed by atoms with Crippen molar-refractivity contribution < 1.29 is 9.53 Å². The number of hydrogen-bond acceptors (Lipinski definition) is 6. The van der Waals surface area contributed by atoms with E-state index in [1.54, 1.807) is 12.4 Å². The Morgan fingerprint density at radius 1 is 1.32 bits per heavy atom. The van der Waals surface area contributed by atoms with Gasteiger partial charge in [0.25, 0.3) is 0 Å². The molecule has 1 aromatic rings. The van der Waals surface area contributed by atoms with E-state index >= 15 is 0 Å². The summed E-state index contributed by atoms with van der Waals surface area (Å²) in [6.45, 7) is 5.69. The van der Waals surface area contributed by atoms with Gasteiger partial charge in [-0.15, -0.1) is 0 Å². The second kappa shape index (κ2) is 7.56. The highest BCUT2D eigenvalue weighted by Gasteiger charge is 2.44. The van der Waals surface area contributed by atoms with Crippen molar-refractivity contribution in [1.29, 1.82) is 0 Å². The van der Waals surface area contributed by atoms with Gasteiger partial charge in [0.1, 0.15) is 6.61 Å². The lowest BCUT2D eigenvalue weighted by Crippen LogP contribution is -2.43. The van der Waals surface area contributed by atoms with Gasteiger partial charge >= 0.3 is 0 Å². The SMILES string of the molecule is CC(C)OCC(=O)NC1CN(c2nccnc2N(C)C)CC1C1CC1. The average molecular weight is 347 g/mol. The number of anilines is 2. The third kappa shape index (κ3) is 4.39. The minimum absolute atomic E-state index is 0.0295. The lowest BCUT2D eigenvalue weighted by Gasteiger charge is -2.23. The van der Waals surface area contributed by atoms with Crippen LogP contribution in [0.15, 0.2) is 12.4 Å². The maximum atomic E-state index is 12.2. The van der Waals surface area contributed by atoms with E-state index in [1.165, 1.54) is 12.8 Å². The topological polar surface area (TPSA) is 70.6 Å². The van der Waals surface area contributed by atoms with E-state index in [1.807, 2.05) is 32.8 Å². The predicted octanol–water partition coefficient (Wildman–Crippen LogP) is 1.30. The number of ether oxygens (including phenoxy) is 1. The van der Waals surface area contributed by atoms with E-state index in [9.17, 15) is 4.79 Å². The van der Waals surface area contributed by atoms with Gasteiger partial charge in [-0.25, -0.2) is 9.97 Å². The van der Waals surface area contributed by atoms with E-state index in [4.69, 9.17) is 4.74 Å². The summed E-state index contributed by atoms with van der Waals surface area (Å²) in [5, 5.41) is 3.19. The molecular formula is C18H29N5O2. The van der Waals surface area contributed by atoms with Gasteiger partial charge < -0.3 is 19.9 Å². The van der Waals surface area contributed by atoms with Gasteiger partial charge in [0.05, 0.1) is 12.1 Å². The van der Waals surface area contributed by atoms with Gasteiger partial charge in [0.15, 0.2) is 11.6 Å². The molecule has 1 aliphatic carbocycles. The number of carbonyl (C=O) groups excluding carboxylic acids is 1. The Bertz CT molecular complexity index is 603. The van der Waals surface area contributed by atoms with E-state index < -0.39 is 0 Å². The molecule has 1 saturated carbocycles. The third-order valence-electron chi connectivity index (χ3n) is 4.87. The third-order valence-corrected chi connectivity index (χ3v) is 4.87. The number of rotatable bonds is 7. The Balaban J connectivity index is 1.70. The summed E-state index contributed by atoms with van der Waals surface area (Å²) in [5.41, 5.74) is 0. The van der Waals surface area contributed by atoms with E-state index in [0.29, 0.717) is 11.8 Å². The second-order valence-electron chi connectivity index (χ2n) is 7.54. The van der Waals surface area contributed by atoms with Crippen LogP contribution in [0.1, 0.15) is 26.7 Å². The number of nitrogens with zero attached hydrogens (tertiary/aromatic N) is 4.